The maximum Gasteiger partial charge on any atom is 0.164 e. The monoisotopic (exact) mass is 297 g/mol. The van der Waals surface area contributed by atoms with E-state index in [2.05, 4.69) is 18.7 Å². The molecular weight excluding hydrogens is 274 g/mol. The molecule has 0 spiro atoms. The van der Waals surface area contributed by atoms with Crippen LogP contribution in [0.2, 0.25) is 5.02 Å². The lowest BCUT2D eigenvalue weighted by Crippen LogP contribution is -2.27. The first-order chi connectivity index (χ1) is 9.62. The molecule has 0 aromatic heterocycles. The predicted molar refractivity (Wildman–Crippen MR) is 84.0 cm³/mol. The van der Waals surface area contributed by atoms with Crippen molar-refractivity contribution in [2.24, 2.45) is 0 Å². The van der Waals surface area contributed by atoms with E-state index < -0.39 is 0 Å². The molecule has 0 fully saturated rings. The molecule has 1 aromatic carbocycles. The lowest BCUT2D eigenvalue weighted by atomic mass is 10.1. The van der Waals surface area contributed by atoms with Crippen LogP contribution in [-0.2, 0) is 0 Å². The molecule has 0 N–H and O–H groups in total. The third-order valence-corrected chi connectivity index (χ3v) is 3.60. The number of carbonyl (C=O) groups is 1. The summed E-state index contributed by atoms with van der Waals surface area (Å²) >= 11 is 6.14. The smallest absolute Gasteiger partial charge is 0.164 e. The molecule has 0 saturated heterocycles. The molecule has 0 heterocycles. The molecule has 3 nitrogen and oxygen atoms in total. The Morgan fingerprint density at radius 1 is 1.25 bits per heavy atom. The third kappa shape index (κ3) is 5.14. The Balaban J connectivity index is 2.57. The van der Waals surface area contributed by atoms with E-state index in [1.54, 1.807) is 12.1 Å². The van der Waals surface area contributed by atoms with Crippen molar-refractivity contribution in [3.05, 3.63) is 28.8 Å². The third-order valence-electron chi connectivity index (χ3n) is 3.29. The highest BCUT2D eigenvalue weighted by atomic mass is 35.5. The minimum Gasteiger partial charge on any atom is -0.492 e. The van der Waals surface area contributed by atoms with Gasteiger partial charge >= 0.3 is 0 Å². The number of likely N-dealkylation sites (N-methyl/N-ethyl adjacent to an activating group) is 1. The lowest BCUT2D eigenvalue weighted by Gasteiger charge is -2.18. The minimum absolute atomic E-state index is 0.0900. The van der Waals surface area contributed by atoms with Crippen LogP contribution in [0.1, 0.15) is 44.0 Å². The zero-order chi connectivity index (χ0) is 15.0. The average Bonchev–Trinajstić information content (AvgIpc) is 2.44. The summed E-state index contributed by atoms with van der Waals surface area (Å²) in [7, 11) is 0. The van der Waals surface area contributed by atoms with E-state index in [4.69, 9.17) is 16.3 Å². The fraction of sp³-hybridized carbons (Fsp3) is 0.562. The Morgan fingerprint density at radius 3 is 2.50 bits per heavy atom. The summed E-state index contributed by atoms with van der Waals surface area (Å²) < 4.78 is 5.68. The summed E-state index contributed by atoms with van der Waals surface area (Å²) in [6.45, 7) is 9.80. The van der Waals surface area contributed by atoms with Crippen LogP contribution in [0.4, 0.5) is 0 Å². The molecule has 0 aliphatic rings. The van der Waals surface area contributed by atoms with Crippen LogP contribution in [0.15, 0.2) is 18.2 Å². The van der Waals surface area contributed by atoms with Gasteiger partial charge in [-0.25, -0.2) is 0 Å². The van der Waals surface area contributed by atoms with E-state index >= 15 is 0 Å². The Hall–Kier alpha value is -1.06. The zero-order valence-corrected chi connectivity index (χ0v) is 13.4. The summed E-state index contributed by atoms with van der Waals surface area (Å²) in [6, 6.07) is 5.30. The Morgan fingerprint density at radius 2 is 1.95 bits per heavy atom. The van der Waals surface area contributed by atoms with Gasteiger partial charge in [-0.15, -0.1) is 0 Å². The van der Waals surface area contributed by atoms with Crippen molar-refractivity contribution < 1.29 is 9.53 Å². The summed E-state index contributed by atoms with van der Waals surface area (Å²) in [4.78, 5) is 14.1. The molecule has 0 aliphatic heterocycles. The highest BCUT2D eigenvalue weighted by molar-refractivity contribution is 6.34. The second kappa shape index (κ2) is 8.98. The normalized spacial score (nSPS) is 10.8. The molecule has 20 heavy (non-hydrogen) atoms. The van der Waals surface area contributed by atoms with E-state index in [0.717, 1.165) is 31.8 Å². The second-order valence-corrected chi connectivity index (χ2v) is 5.10. The van der Waals surface area contributed by atoms with Gasteiger partial charge in [-0.2, -0.15) is 0 Å². The van der Waals surface area contributed by atoms with Crippen LogP contribution in [-0.4, -0.2) is 36.9 Å². The van der Waals surface area contributed by atoms with Gasteiger partial charge < -0.3 is 9.64 Å². The molecule has 0 radical (unpaired) electrons. The molecule has 1 aromatic rings. The zero-order valence-electron chi connectivity index (χ0n) is 12.6. The molecular formula is C16H24ClNO2. The molecule has 0 atom stereocenters. The van der Waals surface area contributed by atoms with Crippen molar-refractivity contribution in [3.63, 3.8) is 0 Å². The standard InChI is InChI=1S/C16H24ClNO2/c1-4-7-16(19)14-9-8-13(12-15(14)17)20-11-10-18(5-2)6-3/h8-9,12H,4-7,10-11H2,1-3H3. The number of ether oxygens (including phenoxy) is 1. The maximum absolute atomic E-state index is 11.8. The van der Waals surface area contributed by atoms with Crippen molar-refractivity contribution in [1.29, 1.82) is 0 Å². The van der Waals surface area contributed by atoms with E-state index in [1.807, 2.05) is 13.0 Å². The largest absolute Gasteiger partial charge is 0.492 e. The molecule has 4 heteroatoms. The minimum atomic E-state index is 0.0900. The second-order valence-electron chi connectivity index (χ2n) is 4.69. The number of ketones is 1. The van der Waals surface area contributed by atoms with Crippen LogP contribution < -0.4 is 4.74 Å². The summed E-state index contributed by atoms with van der Waals surface area (Å²) in [6.07, 6.45) is 1.36. The number of nitrogens with zero attached hydrogens (tertiary/aromatic N) is 1. The fourth-order valence-corrected chi connectivity index (χ4v) is 2.28. The fourth-order valence-electron chi connectivity index (χ4n) is 2.01. The number of rotatable bonds is 9. The van der Waals surface area contributed by atoms with E-state index in [9.17, 15) is 4.79 Å². The van der Waals surface area contributed by atoms with E-state index in [1.165, 1.54) is 0 Å². The number of halogens is 1. The highest BCUT2D eigenvalue weighted by Crippen LogP contribution is 2.24. The first kappa shape index (κ1) is 17.0. The first-order valence-corrected chi connectivity index (χ1v) is 7.68. The molecule has 0 bridgehead atoms. The molecule has 1 rings (SSSR count). The van der Waals surface area contributed by atoms with Gasteiger partial charge in [0.2, 0.25) is 0 Å². The maximum atomic E-state index is 11.8. The van der Waals surface area contributed by atoms with E-state index in [-0.39, 0.29) is 5.78 Å². The summed E-state index contributed by atoms with van der Waals surface area (Å²) in [5, 5.41) is 0.476. The van der Waals surface area contributed by atoms with Gasteiger partial charge in [0, 0.05) is 18.5 Å². The van der Waals surface area contributed by atoms with Crippen LogP contribution in [0.3, 0.4) is 0 Å². The Bertz CT molecular complexity index is 430. The summed E-state index contributed by atoms with van der Waals surface area (Å²) in [5.41, 5.74) is 0.588. The van der Waals surface area contributed by atoms with E-state index in [0.29, 0.717) is 23.6 Å². The molecule has 0 amide bonds. The first-order valence-electron chi connectivity index (χ1n) is 7.30. The van der Waals surface area contributed by atoms with Crippen molar-refractivity contribution in [2.45, 2.75) is 33.6 Å². The topological polar surface area (TPSA) is 29.5 Å². The Labute approximate surface area is 126 Å². The molecule has 0 saturated carbocycles. The number of Topliss-reactive ketones (excluding diaryl/α,β-unsaturated/α-hetero) is 1. The average molecular weight is 298 g/mol. The highest BCUT2D eigenvalue weighted by Gasteiger charge is 2.10. The molecule has 0 aliphatic carbocycles. The van der Waals surface area contributed by atoms with Gasteiger partial charge in [-0.1, -0.05) is 32.4 Å². The van der Waals surface area contributed by atoms with Crippen LogP contribution >= 0.6 is 11.6 Å². The number of hydrogen-bond acceptors (Lipinski definition) is 3. The van der Waals surface area contributed by atoms with Gasteiger partial charge in [-0.05, 0) is 37.7 Å². The van der Waals surface area contributed by atoms with Gasteiger partial charge in [0.25, 0.3) is 0 Å². The van der Waals surface area contributed by atoms with Crippen molar-refractivity contribution in [1.82, 2.24) is 4.90 Å². The van der Waals surface area contributed by atoms with Gasteiger partial charge in [-0.3, -0.25) is 4.79 Å². The SMILES string of the molecule is CCCC(=O)c1ccc(OCCN(CC)CC)cc1Cl. The van der Waals surface area contributed by atoms with Crippen LogP contribution in [0.5, 0.6) is 5.75 Å². The number of benzene rings is 1. The van der Waals surface area contributed by atoms with Crippen LogP contribution in [0, 0.1) is 0 Å². The quantitative estimate of drug-likeness (QED) is 0.644. The van der Waals surface area contributed by atoms with Crippen LogP contribution in [0.25, 0.3) is 0 Å². The van der Waals surface area contributed by atoms with Crippen molar-refractivity contribution in [3.8, 4) is 5.75 Å². The van der Waals surface area contributed by atoms with Gasteiger partial charge in [0.15, 0.2) is 5.78 Å². The lowest BCUT2D eigenvalue weighted by molar-refractivity contribution is 0.0982. The van der Waals surface area contributed by atoms with Crippen molar-refractivity contribution in [2.75, 3.05) is 26.2 Å². The number of carbonyl (C=O) groups excluding carboxylic acids is 1. The van der Waals surface area contributed by atoms with Crippen molar-refractivity contribution >= 4 is 17.4 Å². The van der Waals surface area contributed by atoms with Gasteiger partial charge in [0.1, 0.15) is 12.4 Å². The molecule has 112 valence electrons. The number of hydrogen-bond donors (Lipinski definition) is 0. The van der Waals surface area contributed by atoms with Gasteiger partial charge in [0.05, 0.1) is 5.02 Å². The molecule has 0 unspecified atom stereocenters. The Kier molecular flexibility index (Phi) is 7.63. The summed E-state index contributed by atoms with van der Waals surface area (Å²) in [5.74, 6) is 0.808. The predicted octanol–water partition coefficient (Wildman–Crippen LogP) is 4.04.